The Labute approximate surface area is 120 Å². The highest BCUT2D eigenvalue weighted by atomic mass is 32.2. The smallest absolute Gasteiger partial charge is 0.327 e. The van der Waals surface area contributed by atoms with Crippen molar-refractivity contribution in [2.45, 2.75) is 13.0 Å². The van der Waals surface area contributed by atoms with Crippen molar-refractivity contribution < 1.29 is 14.7 Å². The molecule has 0 radical (unpaired) electrons. The number of aromatic nitrogens is 2. The van der Waals surface area contributed by atoms with E-state index in [1.54, 1.807) is 16.9 Å². The third kappa shape index (κ3) is 3.11. The van der Waals surface area contributed by atoms with Crippen LogP contribution in [-0.4, -0.2) is 44.4 Å². The summed E-state index contributed by atoms with van der Waals surface area (Å²) in [4.78, 5) is 27.2. The van der Waals surface area contributed by atoms with E-state index in [0.29, 0.717) is 11.4 Å². The van der Waals surface area contributed by atoms with Crippen LogP contribution in [0.4, 0.5) is 0 Å². The average molecular weight is 293 g/mol. The maximum Gasteiger partial charge on any atom is 0.327 e. The lowest BCUT2D eigenvalue weighted by molar-refractivity contribution is -0.138. The van der Waals surface area contributed by atoms with Crippen molar-refractivity contribution in [2.24, 2.45) is 0 Å². The quantitative estimate of drug-likeness (QED) is 0.865. The zero-order chi connectivity index (χ0) is 14.7. The number of aryl methyl sites for hydroxylation is 1. The summed E-state index contributed by atoms with van der Waals surface area (Å²) in [7, 11) is 0. The minimum Gasteiger partial charge on any atom is -0.480 e. The van der Waals surface area contributed by atoms with Gasteiger partial charge in [-0.25, -0.2) is 9.78 Å². The molecule has 0 fully saturated rings. The van der Waals surface area contributed by atoms with E-state index >= 15 is 0 Å². The number of nitrogens with one attached hydrogen (secondary N) is 1. The summed E-state index contributed by atoms with van der Waals surface area (Å²) in [5.74, 6) is -1.21. The van der Waals surface area contributed by atoms with Crippen molar-refractivity contribution >= 4 is 29.3 Å². The third-order valence-corrected chi connectivity index (χ3v) is 3.45. The SMILES string of the molecule is CSC[C@H](NC(=O)c1cn2ccc(C)cc2n1)C(=O)O. The summed E-state index contributed by atoms with van der Waals surface area (Å²) in [6.07, 6.45) is 5.18. The molecule has 6 nitrogen and oxygen atoms in total. The van der Waals surface area contributed by atoms with E-state index in [1.165, 1.54) is 11.8 Å². The largest absolute Gasteiger partial charge is 0.480 e. The monoisotopic (exact) mass is 293 g/mol. The van der Waals surface area contributed by atoms with Crippen LogP contribution >= 0.6 is 11.8 Å². The topological polar surface area (TPSA) is 83.7 Å². The Morgan fingerprint density at radius 3 is 2.95 bits per heavy atom. The molecule has 0 aliphatic rings. The van der Waals surface area contributed by atoms with Gasteiger partial charge < -0.3 is 14.8 Å². The first-order valence-corrected chi connectivity index (χ1v) is 7.38. The molecule has 0 bridgehead atoms. The average Bonchev–Trinajstić information content (AvgIpc) is 2.80. The number of nitrogens with zero attached hydrogens (tertiary/aromatic N) is 2. The molecule has 0 aliphatic carbocycles. The second kappa shape index (κ2) is 5.96. The summed E-state index contributed by atoms with van der Waals surface area (Å²) in [6.45, 7) is 1.94. The molecule has 2 N–H and O–H groups in total. The number of rotatable bonds is 5. The summed E-state index contributed by atoms with van der Waals surface area (Å²) >= 11 is 1.36. The molecule has 2 heterocycles. The molecule has 0 aliphatic heterocycles. The number of amides is 1. The van der Waals surface area contributed by atoms with Gasteiger partial charge in [-0.1, -0.05) is 0 Å². The molecule has 0 spiro atoms. The molecule has 0 unspecified atom stereocenters. The molecular weight excluding hydrogens is 278 g/mol. The molecule has 106 valence electrons. The Bertz CT molecular complexity index is 653. The van der Waals surface area contributed by atoms with Crippen molar-refractivity contribution in [1.82, 2.24) is 14.7 Å². The highest BCUT2D eigenvalue weighted by Gasteiger charge is 2.21. The molecule has 20 heavy (non-hydrogen) atoms. The van der Waals surface area contributed by atoms with Gasteiger partial charge in [0, 0.05) is 18.1 Å². The molecule has 2 aromatic heterocycles. The van der Waals surface area contributed by atoms with Crippen molar-refractivity contribution in [3.63, 3.8) is 0 Å². The standard InChI is InChI=1S/C13H15N3O3S/c1-8-3-4-16-6-9(14-11(16)5-8)12(17)15-10(7-20-2)13(18)19/h3-6,10H,7H2,1-2H3,(H,15,17)(H,18,19)/t10-/m0/s1. The van der Waals surface area contributed by atoms with Gasteiger partial charge in [0.1, 0.15) is 17.4 Å². The first-order valence-electron chi connectivity index (χ1n) is 5.99. The van der Waals surface area contributed by atoms with E-state index < -0.39 is 17.9 Å². The Hall–Kier alpha value is -2.02. The van der Waals surface area contributed by atoms with Gasteiger partial charge in [0.2, 0.25) is 0 Å². The van der Waals surface area contributed by atoms with Crippen LogP contribution in [0.1, 0.15) is 16.1 Å². The number of carboxylic acid groups (broad SMARTS) is 1. The van der Waals surface area contributed by atoms with E-state index in [9.17, 15) is 9.59 Å². The van der Waals surface area contributed by atoms with Crippen molar-refractivity contribution in [3.05, 3.63) is 35.8 Å². The molecule has 0 saturated carbocycles. The molecule has 7 heteroatoms. The van der Waals surface area contributed by atoms with Gasteiger partial charge in [0.15, 0.2) is 0 Å². The molecule has 0 aromatic carbocycles. The third-order valence-electron chi connectivity index (χ3n) is 2.79. The normalized spacial score (nSPS) is 12.3. The lowest BCUT2D eigenvalue weighted by Crippen LogP contribution is -2.42. The van der Waals surface area contributed by atoms with Crippen molar-refractivity contribution in [2.75, 3.05) is 12.0 Å². The zero-order valence-electron chi connectivity index (χ0n) is 11.2. The lowest BCUT2D eigenvalue weighted by Gasteiger charge is -2.11. The van der Waals surface area contributed by atoms with Crippen LogP contribution < -0.4 is 5.32 Å². The lowest BCUT2D eigenvalue weighted by atomic mass is 10.3. The van der Waals surface area contributed by atoms with Crippen molar-refractivity contribution in [1.29, 1.82) is 0 Å². The number of fused-ring (bicyclic) bond motifs is 1. The van der Waals surface area contributed by atoms with Gasteiger partial charge in [-0.2, -0.15) is 11.8 Å². The van der Waals surface area contributed by atoms with E-state index in [4.69, 9.17) is 5.11 Å². The fourth-order valence-corrected chi connectivity index (χ4v) is 2.33. The Morgan fingerprint density at radius 1 is 1.55 bits per heavy atom. The Balaban J connectivity index is 2.20. The molecule has 2 rings (SSSR count). The second-order valence-corrected chi connectivity index (χ2v) is 5.33. The number of carbonyl (C=O) groups is 2. The number of carboxylic acids is 1. The van der Waals surface area contributed by atoms with Crippen LogP contribution in [-0.2, 0) is 4.79 Å². The predicted molar refractivity (Wildman–Crippen MR) is 77.2 cm³/mol. The zero-order valence-corrected chi connectivity index (χ0v) is 12.0. The first kappa shape index (κ1) is 14.4. The number of aliphatic carboxylic acids is 1. The van der Waals surface area contributed by atoms with Crippen LogP contribution in [0.15, 0.2) is 24.5 Å². The molecule has 0 saturated heterocycles. The van der Waals surface area contributed by atoms with Gasteiger partial charge in [-0.05, 0) is 30.9 Å². The van der Waals surface area contributed by atoms with E-state index in [-0.39, 0.29) is 5.69 Å². The van der Waals surface area contributed by atoms with Gasteiger partial charge in [0.05, 0.1) is 0 Å². The number of hydrogen-bond acceptors (Lipinski definition) is 4. The highest BCUT2D eigenvalue weighted by molar-refractivity contribution is 7.98. The number of thioether (sulfide) groups is 1. The minimum absolute atomic E-state index is 0.211. The van der Waals surface area contributed by atoms with E-state index in [0.717, 1.165) is 5.56 Å². The van der Waals surface area contributed by atoms with Gasteiger partial charge in [-0.15, -0.1) is 0 Å². The Kier molecular flexibility index (Phi) is 4.29. The molecule has 1 atom stereocenters. The van der Waals surface area contributed by atoms with Crippen LogP contribution in [0.25, 0.3) is 5.65 Å². The van der Waals surface area contributed by atoms with Gasteiger partial charge in [0.25, 0.3) is 5.91 Å². The maximum absolute atomic E-state index is 12.0. The van der Waals surface area contributed by atoms with E-state index in [2.05, 4.69) is 10.3 Å². The molecule has 2 aromatic rings. The fourth-order valence-electron chi connectivity index (χ4n) is 1.77. The predicted octanol–water partition coefficient (Wildman–Crippen LogP) is 1.19. The van der Waals surface area contributed by atoms with Crippen LogP contribution in [0.2, 0.25) is 0 Å². The van der Waals surface area contributed by atoms with Crippen LogP contribution in [0.3, 0.4) is 0 Å². The first-order chi connectivity index (χ1) is 9.51. The summed E-state index contributed by atoms with van der Waals surface area (Å²) in [6, 6.07) is 2.85. The van der Waals surface area contributed by atoms with Gasteiger partial charge in [-0.3, -0.25) is 4.79 Å². The number of imidazole rings is 1. The summed E-state index contributed by atoms with van der Waals surface area (Å²) in [5, 5.41) is 11.5. The minimum atomic E-state index is -1.05. The van der Waals surface area contributed by atoms with Gasteiger partial charge >= 0.3 is 5.97 Å². The summed E-state index contributed by atoms with van der Waals surface area (Å²) < 4.78 is 1.73. The van der Waals surface area contributed by atoms with Crippen molar-refractivity contribution in [3.8, 4) is 0 Å². The van der Waals surface area contributed by atoms with E-state index in [1.807, 2.05) is 25.3 Å². The van der Waals surface area contributed by atoms with Crippen LogP contribution in [0, 0.1) is 6.92 Å². The number of carbonyl (C=O) groups excluding carboxylic acids is 1. The Morgan fingerprint density at radius 2 is 2.30 bits per heavy atom. The summed E-state index contributed by atoms with van der Waals surface area (Å²) in [5.41, 5.74) is 1.91. The highest BCUT2D eigenvalue weighted by Crippen LogP contribution is 2.08. The number of hydrogen-bond donors (Lipinski definition) is 2. The second-order valence-electron chi connectivity index (χ2n) is 4.42. The van der Waals surface area contributed by atoms with Crippen LogP contribution in [0.5, 0.6) is 0 Å². The molecule has 1 amide bonds. The number of pyridine rings is 1. The fraction of sp³-hybridized carbons (Fsp3) is 0.308. The molecular formula is C13H15N3O3S. The maximum atomic E-state index is 12.0.